The fourth-order valence-corrected chi connectivity index (χ4v) is 3.32. The molecule has 0 saturated carbocycles. The molecule has 3 nitrogen and oxygen atoms in total. The van der Waals surface area contributed by atoms with Crippen LogP contribution in [-0.2, 0) is 6.54 Å². The molecule has 0 aromatic carbocycles. The number of fused-ring (bicyclic) bond motifs is 1. The summed E-state index contributed by atoms with van der Waals surface area (Å²) in [5.41, 5.74) is 3.56. The van der Waals surface area contributed by atoms with Gasteiger partial charge in [-0.3, -0.25) is 8.87 Å². The maximum Gasteiger partial charge on any atom is 0.150 e. The average molecular weight is 403 g/mol. The maximum absolute atomic E-state index is 4.57. The molecule has 0 aliphatic rings. The summed E-state index contributed by atoms with van der Waals surface area (Å²) < 4.78 is 2.10. The molecule has 2 heterocycles. The molecule has 2 rings (SSSR count). The third-order valence-electron chi connectivity index (χ3n) is 2.84. The van der Waals surface area contributed by atoms with Crippen LogP contribution in [0.1, 0.15) is 25.0 Å². The zero-order chi connectivity index (χ0) is 15.1. The molecule has 0 saturated heterocycles. The highest BCUT2D eigenvalue weighted by Gasteiger charge is 2.08. The highest BCUT2D eigenvalue weighted by molar-refractivity contribution is 14.2. The third-order valence-corrected chi connectivity index (χ3v) is 4.54. The van der Waals surface area contributed by atoms with Gasteiger partial charge < -0.3 is 0 Å². The van der Waals surface area contributed by atoms with E-state index in [0.717, 1.165) is 18.7 Å². The fraction of sp³-hybridized carbons (Fsp3) is 0.400. The lowest BCUT2D eigenvalue weighted by Gasteiger charge is -2.13. The van der Waals surface area contributed by atoms with Crippen LogP contribution in [-0.4, -0.2) is 27.4 Å². The Hall–Kier alpha value is -0.530. The monoisotopic (exact) mass is 403 g/mol. The van der Waals surface area contributed by atoms with E-state index in [1.165, 1.54) is 16.5 Å². The van der Waals surface area contributed by atoms with Crippen molar-refractivity contribution in [2.24, 2.45) is 0 Å². The molecule has 0 N–H and O–H groups in total. The average Bonchev–Trinajstić information content (AvgIpc) is 2.78. The Morgan fingerprint density at radius 2 is 2.20 bits per heavy atom. The van der Waals surface area contributed by atoms with Crippen LogP contribution in [0.2, 0.25) is 0 Å². The van der Waals surface area contributed by atoms with Crippen LogP contribution in [0.3, 0.4) is 0 Å². The Labute approximate surface area is 138 Å². The molecule has 110 valence electrons. The molecule has 20 heavy (non-hydrogen) atoms. The molecule has 0 fully saturated rings. The predicted octanol–water partition coefficient (Wildman–Crippen LogP) is 4.84. The lowest BCUT2D eigenvalue weighted by Crippen LogP contribution is -2.17. The molecule has 0 amide bonds. The molecular formula is C15H22IN3S. The van der Waals surface area contributed by atoms with Crippen molar-refractivity contribution in [2.45, 2.75) is 27.3 Å². The van der Waals surface area contributed by atoms with Gasteiger partial charge in [0, 0.05) is 61.2 Å². The van der Waals surface area contributed by atoms with Gasteiger partial charge in [0.2, 0.25) is 0 Å². The fourth-order valence-electron chi connectivity index (χ4n) is 2.01. The van der Waals surface area contributed by atoms with Crippen molar-refractivity contribution in [1.82, 2.24) is 13.9 Å². The summed E-state index contributed by atoms with van der Waals surface area (Å²) in [5.74, 6) is 0. The highest BCUT2D eigenvalue weighted by atomic mass is 127. The molecule has 0 radical (unpaired) electrons. The van der Waals surface area contributed by atoms with Gasteiger partial charge in [0.25, 0.3) is 0 Å². The van der Waals surface area contributed by atoms with Crippen LogP contribution in [0.25, 0.3) is 11.0 Å². The predicted molar refractivity (Wildman–Crippen MR) is 99.4 cm³/mol. The largest absolute Gasteiger partial charge is 0.298 e. The Bertz CT molecular complexity index is 565. The molecule has 2 aromatic heterocycles. The second-order valence-electron chi connectivity index (χ2n) is 4.41. The van der Waals surface area contributed by atoms with E-state index < -0.39 is 0 Å². The number of rotatable bonds is 5. The summed E-state index contributed by atoms with van der Waals surface area (Å²) in [4.78, 5) is 6.79. The summed E-state index contributed by atoms with van der Waals surface area (Å²) in [6.45, 7) is 11.7. The zero-order valence-corrected chi connectivity index (χ0v) is 15.5. The van der Waals surface area contributed by atoms with Crippen molar-refractivity contribution in [1.29, 1.82) is 0 Å². The standard InChI is InChI=1S/C13H16IN3S.C2H6/c1-4-5-16(3)9-11-6-12-10(2)8-17(18-14)13(12)15-7-11;1-2/h4,6-8H,1,5,9H2,2-3H3;1-2H3. The van der Waals surface area contributed by atoms with Gasteiger partial charge in [-0.15, -0.1) is 6.58 Å². The molecule has 0 unspecified atom stereocenters. The van der Waals surface area contributed by atoms with Crippen molar-refractivity contribution >= 4 is 41.4 Å². The van der Waals surface area contributed by atoms with E-state index in [-0.39, 0.29) is 0 Å². The highest BCUT2D eigenvalue weighted by Crippen LogP contribution is 2.27. The Morgan fingerprint density at radius 1 is 1.50 bits per heavy atom. The summed E-state index contributed by atoms with van der Waals surface area (Å²) in [7, 11) is 3.74. The van der Waals surface area contributed by atoms with Crippen molar-refractivity contribution in [3.63, 3.8) is 0 Å². The molecule has 2 aromatic rings. The van der Waals surface area contributed by atoms with E-state index in [4.69, 9.17) is 0 Å². The smallest absolute Gasteiger partial charge is 0.150 e. The van der Waals surface area contributed by atoms with Crippen LogP contribution < -0.4 is 0 Å². The van der Waals surface area contributed by atoms with Crippen molar-refractivity contribution < 1.29 is 0 Å². The number of pyridine rings is 1. The molecule has 0 atom stereocenters. The van der Waals surface area contributed by atoms with Crippen LogP contribution >= 0.6 is 30.3 Å². The molecule has 5 heteroatoms. The molecule has 0 aliphatic carbocycles. The van der Waals surface area contributed by atoms with E-state index in [1.807, 2.05) is 26.1 Å². The van der Waals surface area contributed by atoms with Gasteiger partial charge in [0.1, 0.15) is 0 Å². The third kappa shape index (κ3) is 4.23. The van der Waals surface area contributed by atoms with Crippen LogP contribution in [0, 0.1) is 6.92 Å². The molecular weight excluding hydrogens is 381 g/mol. The van der Waals surface area contributed by atoms with Gasteiger partial charge in [0.15, 0.2) is 5.65 Å². The van der Waals surface area contributed by atoms with Crippen molar-refractivity contribution in [2.75, 3.05) is 13.6 Å². The summed E-state index contributed by atoms with van der Waals surface area (Å²) >= 11 is 2.27. The number of aryl methyl sites for hydroxylation is 1. The number of halogens is 1. The van der Waals surface area contributed by atoms with E-state index in [0.29, 0.717) is 0 Å². The van der Waals surface area contributed by atoms with Crippen molar-refractivity contribution in [3.05, 3.63) is 42.2 Å². The lowest BCUT2D eigenvalue weighted by molar-refractivity contribution is 0.363. The number of hydrogen-bond donors (Lipinski definition) is 0. The molecule has 0 bridgehead atoms. The summed E-state index contributed by atoms with van der Waals surface area (Å²) in [6, 6.07) is 2.24. The van der Waals surface area contributed by atoms with Gasteiger partial charge in [-0.1, -0.05) is 19.9 Å². The number of nitrogens with zero attached hydrogens (tertiary/aromatic N) is 3. The summed E-state index contributed by atoms with van der Waals surface area (Å²) in [5, 5.41) is 1.24. The normalized spacial score (nSPS) is 10.5. The minimum absolute atomic E-state index is 0.891. The van der Waals surface area contributed by atoms with Gasteiger partial charge in [-0.25, -0.2) is 4.98 Å². The van der Waals surface area contributed by atoms with Crippen LogP contribution in [0.15, 0.2) is 31.1 Å². The Morgan fingerprint density at radius 3 is 2.80 bits per heavy atom. The minimum atomic E-state index is 0.891. The van der Waals surface area contributed by atoms with Crippen LogP contribution in [0.4, 0.5) is 0 Å². The first-order valence-electron chi connectivity index (χ1n) is 6.70. The SMILES string of the molecule is C=CCN(C)Cc1cnc2c(c1)c(C)cn2SI.CC. The molecule has 0 spiro atoms. The summed E-state index contributed by atoms with van der Waals surface area (Å²) in [6.07, 6.45) is 6.01. The zero-order valence-electron chi connectivity index (χ0n) is 12.6. The second-order valence-corrected chi connectivity index (χ2v) is 6.12. The van der Waals surface area contributed by atoms with Crippen LogP contribution in [0.5, 0.6) is 0 Å². The first kappa shape index (κ1) is 17.5. The number of likely N-dealkylation sites (N-methyl/N-ethyl adjacent to an activating group) is 1. The maximum atomic E-state index is 4.57. The minimum Gasteiger partial charge on any atom is -0.298 e. The van der Waals surface area contributed by atoms with E-state index in [9.17, 15) is 0 Å². The van der Waals surface area contributed by atoms with Gasteiger partial charge in [-0.05, 0) is 31.2 Å². The van der Waals surface area contributed by atoms with Gasteiger partial charge in [-0.2, -0.15) is 0 Å². The molecule has 0 aliphatic heterocycles. The lowest BCUT2D eigenvalue weighted by atomic mass is 10.2. The van der Waals surface area contributed by atoms with E-state index in [2.05, 4.69) is 67.9 Å². The quantitative estimate of drug-likeness (QED) is 0.527. The Balaban J connectivity index is 0.000000956. The number of aromatic nitrogens is 2. The second kappa shape index (κ2) is 8.69. The van der Waals surface area contributed by atoms with E-state index >= 15 is 0 Å². The van der Waals surface area contributed by atoms with Crippen molar-refractivity contribution in [3.8, 4) is 0 Å². The van der Waals surface area contributed by atoms with Gasteiger partial charge >= 0.3 is 0 Å². The Kier molecular flexibility index (Phi) is 7.61. The first-order valence-corrected chi connectivity index (χ1v) is 10.0. The van der Waals surface area contributed by atoms with E-state index in [1.54, 1.807) is 9.12 Å². The van der Waals surface area contributed by atoms with Gasteiger partial charge in [0.05, 0.1) is 0 Å². The topological polar surface area (TPSA) is 21.1 Å². The first-order chi connectivity index (χ1) is 9.65. The number of hydrogen-bond acceptors (Lipinski definition) is 3.